The second-order valence-corrected chi connectivity index (χ2v) is 9.75. The first-order valence-electron chi connectivity index (χ1n) is 11.5. The van der Waals surface area contributed by atoms with Crippen LogP contribution in [0.25, 0.3) is 20.8 Å². The summed E-state index contributed by atoms with van der Waals surface area (Å²) >= 11 is 1.68. The van der Waals surface area contributed by atoms with E-state index in [4.69, 9.17) is 9.72 Å². The van der Waals surface area contributed by atoms with Crippen molar-refractivity contribution in [3.8, 4) is 10.6 Å². The fourth-order valence-corrected chi connectivity index (χ4v) is 5.43. The van der Waals surface area contributed by atoms with Crippen molar-refractivity contribution in [3.63, 3.8) is 0 Å². The highest BCUT2D eigenvalue weighted by Gasteiger charge is 2.30. The Morgan fingerprint density at radius 1 is 1.12 bits per heavy atom. The lowest BCUT2D eigenvalue weighted by molar-refractivity contribution is -0.142. The Morgan fingerprint density at radius 3 is 2.64 bits per heavy atom. The number of aromatic nitrogens is 1. The van der Waals surface area contributed by atoms with Crippen molar-refractivity contribution in [1.29, 1.82) is 0 Å². The number of nitrogens with one attached hydrogen (secondary N) is 1. The van der Waals surface area contributed by atoms with Gasteiger partial charge in [0.05, 0.1) is 16.8 Å². The molecule has 1 N–H and O–H groups in total. The minimum absolute atomic E-state index is 0.0443. The lowest BCUT2D eigenvalue weighted by atomic mass is 10.2. The van der Waals surface area contributed by atoms with E-state index in [-0.39, 0.29) is 17.9 Å². The fraction of sp³-hybridized carbons (Fsp3) is 0.400. The first kappa shape index (κ1) is 22.0. The Labute approximate surface area is 197 Å². The zero-order chi connectivity index (χ0) is 22.8. The molecule has 2 fully saturated rings. The number of hydrogen-bond donors (Lipinski definition) is 1. The number of thiazole rings is 1. The number of fused-ring (bicyclic) bond motifs is 1. The molecule has 0 aliphatic carbocycles. The number of carbonyl (C=O) groups excluding carboxylic acids is 2. The number of amides is 2. The van der Waals surface area contributed by atoms with Gasteiger partial charge in [0.2, 0.25) is 5.91 Å². The summed E-state index contributed by atoms with van der Waals surface area (Å²) in [6, 6.07) is 14.1. The molecule has 0 saturated carbocycles. The first-order valence-corrected chi connectivity index (χ1v) is 12.3. The largest absolute Gasteiger partial charge is 0.368 e. The molecular formula is C25H28N4O3S. The SMILES string of the molecule is Cc1ccc2nc(-c3ccc(NC(=O)CN4CCN(C(=O)C5CCCO5)CC4)cc3)sc2c1. The van der Waals surface area contributed by atoms with E-state index in [1.807, 2.05) is 29.2 Å². The van der Waals surface area contributed by atoms with E-state index in [9.17, 15) is 9.59 Å². The van der Waals surface area contributed by atoms with Crippen LogP contribution in [0.5, 0.6) is 0 Å². The van der Waals surface area contributed by atoms with Gasteiger partial charge >= 0.3 is 0 Å². The van der Waals surface area contributed by atoms with E-state index in [1.54, 1.807) is 11.3 Å². The molecular weight excluding hydrogens is 436 g/mol. The molecule has 0 spiro atoms. The van der Waals surface area contributed by atoms with Crippen LogP contribution in [0.15, 0.2) is 42.5 Å². The van der Waals surface area contributed by atoms with Gasteiger partial charge in [-0.25, -0.2) is 4.98 Å². The van der Waals surface area contributed by atoms with Crippen molar-refractivity contribution in [2.24, 2.45) is 0 Å². The zero-order valence-corrected chi connectivity index (χ0v) is 19.6. The van der Waals surface area contributed by atoms with E-state index < -0.39 is 0 Å². The minimum Gasteiger partial charge on any atom is -0.368 e. The number of nitrogens with zero attached hydrogens (tertiary/aromatic N) is 3. The predicted octanol–water partition coefficient (Wildman–Crippen LogP) is 3.53. The summed E-state index contributed by atoms with van der Waals surface area (Å²) in [6.07, 6.45) is 1.51. The average molecular weight is 465 g/mol. The van der Waals surface area contributed by atoms with Crippen LogP contribution in [0.1, 0.15) is 18.4 Å². The van der Waals surface area contributed by atoms with Crippen LogP contribution in [0.2, 0.25) is 0 Å². The van der Waals surface area contributed by atoms with Gasteiger partial charge in [-0.3, -0.25) is 14.5 Å². The molecule has 0 bridgehead atoms. The number of ether oxygens (including phenoxy) is 1. The summed E-state index contributed by atoms with van der Waals surface area (Å²) in [6.45, 7) is 5.76. The first-order chi connectivity index (χ1) is 16.0. The Morgan fingerprint density at radius 2 is 1.91 bits per heavy atom. The quantitative estimate of drug-likeness (QED) is 0.625. The van der Waals surface area contributed by atoms with Gasteiger partial charge in [-0.1, -0.05) is 6.07 Å². The van der Waals surface area contributed by atoms with Crippen molar-refractivity contribution in [3.05, 3.63) is 48.0 Å². The Bertz CT molecular complexity index is 1150. The van der Waals surface area contributed by atoms with Gasteiger partial charge in [0.1, 0.15) is 11.1 Å². The van der Waals surface area contributed by atoms with E-state index in [2.05, 4.69) is 35.3 Å². The molecule has 3 heterocycles. The normalized spacial score (nSPS) is 19.2. The van der Waals surface area contributed by atoms with Gasteiger partial charge in [0.25, 0.3) is 5.91 Å². The number of carbonyl (C=O) groups is 2. The number of aryl methyl sites for hydroxylation is 1. The van der Waals surface area contributed by atoms with Crippen LogP contribution < -0.4 is 5.32 Å². The minimum atomic E-state index is -0.269. The van der Waals surface area contributed by atoms with Gasteiger partial charge in [0, 0.05) is 44.0 Å². The lowest BCUT2D eigenvalue weighted by Crippen LogP contribution is -2.52. The summed E-state index contributed by atoms with van der Waals surface area (Å²) in [5, 5.41) is 3.96. The molecule has 1 atom stereocenters. The molecule has 33 heavy (non-hydrogen) atoms. The molecule has 5 rings (SSSR count). The van der Waals surface area contributed by atoms with Gasteiger partial charge in [-0.05, 0) is 61.7 Å². The van der Waals surface area contributed by atoms with Crippen LogP contribution in [0.3, 0.4) is 0 Å². The number of anilines is 1. The summed E-state index contributed by atoms with van der Waals surface area (Å²) in [4.78, 5) is 33.7. The van der Waals surface area contributed by atoms with Crippen LogP contribution in [-0.4, -0.2) is 72.0 Å². The summed E-state index contributed by atoms with van der Waals surface area (Å²) in [5.74, 6) is 0.0528. The second-order valence-electron chi connectivity index (χ2n) is 8.72. The van der Waals surface area contributed by atoms with Gasteiger partial charge in [-0.2, -0.15) is 0 Å². The maximum Gasteiger partial charge on any atom is 0.251 e. The maximum atomic E-state index is 12.5. The van der Waals surface area contributed by atoms with E-state index >= 15 is 0 Å². The highest BCUT2D eigenvalue weighted by molar-refractivity contribution is 7.21. The molecule has 2 aliphatic rings. The summed E-state index contributed by atoms with van der Waals surface area (Å²) in [7, 11) is 0. The Balaban J connectivity index is 1.12. The topological polar surface area (TPSA) is 74.8 Å². The molecule has 2 saturated heterocycles. The summed E-state index contributed by atoms with van der Waals surface area (Å²) < 4.78 is 6.69. The number of piperazine rings is 1. The van der Waals surface area contributed by atoms with Gasteiger partial charge in [-0.15, -0.1) is 11.3 Å². The molecule has 2 amide bonds. The number of benzene rings is 2. The van der Waals surface area contributed by atoms with Gasteiger partial charge < -0.3 is 15.0 Å². The molecule has 1 aromatic heterocycles. The monoisotopic (exact) mass is 464 g/mol. The number of rotatable bonds is 5. The third-order valence-electron chi connectivity index (χ3n) is 6.22. The van der Waals surface area contributed by atoms with Crippen LogP contribution in [-0.2, 0) is 14.3 Å². The summed E-state index contributed by atoms with van der Waals surface area (Å²) in [5.41, 5.74) is 4.05. The third-order valence-corrected chi connectivity index (χ3v) is 7.28. The third kappa shape index (κ3) is 5.08. The molecule has 2 aromatic carbocycles. The highest BCUT2D eigenvalue weighted by Crippen LogP contribution is 2.31. The van der Waals surface area contributed by atoms with E-state index in [0.717, 1.165) is 34.6 Å². The molecule has 7 nitrogen and oxygen atoms in total. The molecule has 172 valence electrons. The Kier molecular flexibility index (Phi) is 6.39. The highest BCUT2D eigenvalue weighted by atomic mass is 32.1. The molecule has 3 aromatic rings. The molecule has 2 aliphatic heterocycles. The molecule has 1 unspecified atom stereocenters. The average Bonchev–Trinajstić information content (AvgIpc) is 3.49. The van der Waals surface area contributed by atoms with Crippen molar-refractivity contribution in [1.82, 2.24) is 14.8 Å². The number of hydrogen-bond acceptors (Lipinski definition) is 6. The van der Waals surface area contributed by atoms with Crippen molar-refractivity contribution < 1.29 is 14.3 Å². The van der Waals surface area contributed by atoms with Crippen molar-refractivity contribution in [2.45, 2.75) is 25.9 Å². The zero-order valence-electron chi connectivity index (χ0n) is 18.8. The lowest BCUT2D eigenvalue weighted by Gasteiger charge is -2.35. The van der Waals surface area contributed by atoms with Crippen LogP contribution in [0.4, 0.5) is 5.69 Å². The standard InChI is InChI=1S/C25H28N4O3S/c1-17-4-9-20-22(15-17)33-24(27-20)18-5-7-19(8-6-18)26-23(30)16-28-10-12-29(13-11-28)25(31)21-3-2-14-32-21/h4-9,15,21H,2-3,10-14,16H2,1H3,(H,26,30). The van der Waals surface area contributed by atoms with Crippen molar-refractivity contribution >= 4 is 39.1 Å². The smallest absolute Gasteiger partial charge is 0.251 e. The van der Waals surface area contributed by atoms with Crippen LogP contribution in [0, 0.1) is 6.92 Å². The Hall–Kier alpha value is -2.81. The fourth-order valence-electron chi connectivity index (χ4n) is 4.36. The van der Waals surface area contributed by atoms with Gasteiger partial charge in [0.15, 0.2) is 0 Å². The predicted molar refractivity (Wildman–Crippen MR) is 130 cm³/mol. The second kappa shape index (κ2) is 9.59. The van der Waals surface area contributed by atoms with E-state index in [0.29, 0.717) is 39.3 Å². The maximum absolute atomic E-state index is 12.5. The molecule has 8 heteroatoms. The van der Waals surface area contributed by atoms with E-state index in [1.165, 1.54) is 10.3 Å². The molecule has 0 radical (unpaired) electrons. The van der Waals surface area contributed by atoms with Crippen LogP contribution >= 0.6 is 11.3 Å². The van der Waals surface area contributed by atoms with Crippen molar-refractivity contribution in [2.75, 3.05) is 44.6 Å².